The summed E-state index contributed by atoms with van der Waals surface area (Å²) in [4.78, 5) is 22.0. The zero-order valence-electron chi connectivity index (χ0n) is 19.2. The van der Waals surface area contributed by atoms with Crippen LogP contribution in [0.25, 0.3) is 11.2 Å². The van der Waals surface area contributed by atoms with Crippen LogP contribution in [-0.2, 0) is 16.6 Å². The van der Waals surface area contributed by atoms with E-state index >= 15 is 0 Å². The van der Waals surface area contributed by atoms with Gasteiger partial charge in [-0.3, -0.25) is 4.79 Å². The highest BCUT2D eigenvalue weighted by Gasteiger charge is 2.22. The molecule has 4 aromatic rings. The van der Waals surface area contributed by atoms with E-state index in [1.54, 1.807) is 19.1 Å². The summed E-state index contributed by atoms with van der Waals surface area (Å²) in [6.45, 7) is 5.90. The van der Waals surface area contributed by atoms with E-state index < -0.39 is 15.9 Å². The average molecular weight is 498 g/mol. The number of rotatable bonds is 6. The Morgan fingerprint density at radius 2 is 1.74 bits per heavy atom. The van der Waals surface area contributed by atoms with Gasteiger partial charge in [0.25, 0.3) is 15.9 Å². The van der Waals surface area contributed by atoms with E-state index in [2.05, 4.69) is 20.0 Å². The Labute approximate surface area is 203 Å². The minimum absolute atomic E-state index is 0.00444. The largest absolute Gasteiger partial charge is 0.388 e. The number of aryl methyl sites for hydroxylation is 3. The van der Waals surface area contributed by atoms with E-state index in [0.29, 0.717) is 34.1 Å². The van der Waals surface area contributed by atoms with Crippen molar-refractivity contribution in [2.75, 3.05) is 12.4 Å². The molecule has 1 amide bonds. The molecule has 0 aliphatic rings. The highest BCUT2D eigenvalue weighted by molar-refractivity contribution is 7.90. The van der Waals surface area contributed by atoms with Crippen LogP contribution in [0.4, 0.5) is 5.69 Å². The molecular formula is C24H24ClN5O3S. The molecule has 2 heterocycles. The Kier molecular flexibility index (Phi) is 6.33. The minimum Gasteiger partial charge on any atom is -0.388 e. The third-order valence-corrected chi connectivity index (χ3v) is 7.24. The van der Waals surface area contributed by atoms with E-state index in [1.165, 1.54) is 18.2 Å². The number of carbonyl (C=O) groups excluding carboxylic acids is 1. The monoisotopic (exact) mass is 497 g/mol. The van der Waals surface area contributed by atoms with Gasteiger partial charge in [-0.05, 0) is 62.2 Å². The number of carbonyl (C=O) groups is 1. The summed E-state index contributed by atoms with van der Waals surface area (Å²) in [5.41, 5.74) is 4.47. The van der Waals surface area contributed by atoms with Crippen LogP contribution in [0.5, 0.6) is 0 Å². The van der Waals surface area contributed by atoms with Crippen molar-refractivity contribution < 1.29 is 13.2 Å². The highest BCUT2D eigenvalue weighted by Crippen LogP contribution is 2.25. The number of sulfonamides is 1. The molecule has 0 aliphatic heterocycles. The number of pyridine rings is 1. The zero-order valence-corrected chi connectivity index (χ0v) is 20.8. The lowest BCUT2D eigenvalue weighted by Gasteiger charge is -2.11. The Hall–Kier alpha value is -3.43. The van der Waals surface area contributed by atoms with Crippen molar-refractivity contribution in [3.8, 4) is 0 Å². The first-order valence-corrected chi connectivity index (χ1v) is 12.4. The number of hydrogen-bond donors (Lipinski definition) is 2. The second kappa shape index (κ2) is 9.08. The number of hydrogen-bond acceptors (Lipinski definition) is 6. The molecule has 2 aromatic carbocycles. The molecule has 176 valence electrons. The van der Waals surface area contributed by atoms with Crippen LogP contribution in [0.1, 0.15) is 33.0 Å². The van der Waals surface area contributed by atoms with Crippen molar-refractivity contribution in [1.82, 2.24) is 19.3 Å². The molecule has 0 atom stereocenters. The third kappa shape index (κ3) is 4.62. The molecular weight excluding hydrogens is 474 g/mol. The van der Waals surface area contributed by atoms with Gasteiger partial charge in [-0.1, -0.05) is 35.4 Å². The van der Waals surface area contributed by atoms with Crippen molar-refractivity contribution in [1.29, 1.82) is 0 Å². The molecule has 2 N–H and O–H groups in total. The van der Waals surface area contributed by atoms with E-state index in [-0.39, 0.29) is 10.6 Å². The predicted octanol–water partition coefficient (Wildman–Crippen LogP) is 4.22. The second-order valence-electron chi connectivity index (χ2n) is 8.05. The molecule has 34 heavy (non-hydrogen) atoms. The van der Waals surface area contributed by atoms with Gasteiger partial charge in [0.15, 0.2) is 5.65 Å². The molecule has 2 aromatic heterocycles. The van der Waals surface area contributed by atoms with Gasteiger partial charge in [-0.2, -0.15) is 0 Å². The molecule has 8 nitrogen and oxygen atoms in total. The number of anilines is 1. The summed E-state index contributed by atoms with van der Waals surface area (Å²) >= 11 is 6.46. The van der Waals surface area contributed by atoms with Crippen molar-refractivity contribution in [3.05, 3.63) is 81.8 Å². The fourth-order valence-corrected chi connectivity index (χ4v) is 4.81. The summed E-state index contributed by atoms with van der Waals surface area (Å²) in [5.74, 6) is -0.114. The van der Waals surface area contributed by atoms with Crippen molar-refractivity contribution >= 4 is 44.4 Å². The minimum atomic E-state index is -4.04. The van der Waals surface area contributed by atoms with Crippen LogP contribution in [-0.4, -0.2) is 35.9 Å². The first kappa shape index (κ1) is 23.7. The lowest BCUT2D eigenvalue weighted by atomic mass is 10.2. The van der Waals surface area contributed by atoms with Gasteiger partial charge in [-0.25, -0.2) is 23.1 Å². The lowest BCUT2D eigenvalue weighted by Crippen LogP contribution is -2.31. The van der Waals surface area contributed by atoms with Crippen LogP contribution in [0.15, 0.2) is 53.4 Å². The number of fused-ring (bicyclic) bond motifs is 1. The van der Waals surface area contributed by atoms with E-state index in [1.807, 2.05) is 43.7 Å². The van der Waals surface area contributed by atoms with Crippen molar-refractivity contribution in [2.24, 2.45) is 0 Å². The first-order chi connectivity index (χ1) is 16.1. The number of nitrogens with one attached hydrogen (secondary N) is 2. The molecule has 0 unspecified atom stereocenters. The maximum absolute atomic E-state index is 12.9. The van der Waals surface area contributed by atoms with Crippen molar-refractivity contribution in [3.63, 3.8) is 0 Å². The maximum atomic E-state index is 12.9. The smallest absolute Gasteiger partial charge is 0.283 e. The van der Waals surface area contributed by atoms with Gasteiger partial charge < -0.3 is 9.88 Å². The summed E-state index contributed by atoms with van der Waals surface area (Å²) < 4.78 is 29.3. The van der Waals surface area contributed by atoms with E-state index in [0.717, 1.165) is 16.8 Å². The fraction of sp³-hybridized carbons (Fsp3) is 0.208. The molecule has 0 saturated heterocycles. The van der Waals surface area contributed by atoms with Crippen LogP contribution in [0, 0.1) is 20.8 Å². The number of imidazole rings is 1. The molecule has 0 spiro atoms. The summed E-state index contributed by atoms with van der Waals surface area (Å²) in [7, 11) is -2.22. The fourth-order valence-electron chi connectivity index (χ4n) is 3.61. The molecule has 4 rings (SSSR count). The topological polar surface area (TPSA) is 106 Å². The Bertz CT molecular complexity index is 1510. The number of nitrogens with zero attached hydrogens (tertiary/aromatic N) is 3. The lowest BCUT2D eigenvalue weighted by molar-refractivity contribution is 0.0976. The number of aromatic nitrogens is 3. The van der Waals surface area contributed by atoms with E-state index in [9.17, 15) is 13.2 Å². The van der Waals surface area contributed by atoms with Gasteiger partial charge >= 0.3 is 0 Å². The molecule has 0 bridgehead atoms. The number of halogens is 1. The normalized spacial score (nSPS) is 11.6. The van der Waals surface area contributed by atoms with Crippen LogP contribution >= 0.6 is 11.6 Å². The Morgan fingerprint density at radius 1 is 1.03 bits per heavy atom. The SMILES string of the molecule is CNc1ccc(Cn2c(C)nc3c(C)cc(C(=O)NS(=O)(=O)c4ccc(C)cc4)nc32)c(Cl)c1. The quantitative estimate of drug-likeness (QED) is 0.413. The number of benzene rings is 2. The third-order valence-electron chi connectivity index (χ3n) is 5.55. The first-order valence-electron chi connectivity index (χ1n) is 10.5. The Balaban J connectivity index is 1.70. The molecule has 0 aliphatic carbocycles. The summed E-state index contributed by atoms with van der Waals surface area (Å²) in [6, 6.07) is 13.4. The van der Waals surface area contributed by atoms with Gasteiger partial charge in [0.1, 0.15) is 17.0 Å². The molecule has 0 saturated carbocycles. The highest BCUT2D eigenvalue weighted by atomic mass is 35.5. The van der Waals surface area contributed by atoms with Gasteiger partial charge in [0, 0.05) is 17.8 Å². The van der Waals surface area contributed by atoms with Crippen molar-refractivity contribution in [2.45, 2.75) is 32.2 Å². The van der Waals surface area contributed by atoms with Crippen LogP contribution in [0.3, 0.4) is 0 Å². The number of amides is 1. The zero-order chi connectivity index (χ0) is 24.6. The standard InChI is InChI=1S/C24H24ClN5O3S/c1-14-5-9-19(10-6-14)34(32,33)29-24(31)21-11-15(2)22-23(28-21)30(16(3)27-22)13-17-7-8-18(26-4)12-20(17)25/h5-12,26H,13H2,1-4H3,(H,29,31). The maximum Gasteiger partial charge on any atom is 0.283 e. The summed E-state index contributed by atoms with van der Waals surface area (Å²) in [6.07, 6.45) is 0. The Morgan fingerprint density at radius 3 is 2.38 bits per heavy atom. The summed E-state index contributed by atoms with van der Waals surface area (Å²) in [5, 5.41) is 3.63. The average Bonchev–Trinajstić information content (AvgIpc) is 3.10. The molecule has 0 radical (unpaired) electrons. The van der Waals surface area contributed by atoms with E-state index in [4.69, 9.17) is 11.6 Å². The van der Waals surface area contributed by atoms with Gasteiger partial charge in [-0.15, -0.1) is 0 Å². The van der Waals surface area contributed by atoms with Gasteiger partial charge in [0.2, 0.25) is 0 Å². The van der Waals surface area contributed by atoms with Crippen LogP contribution < -0.4 is 10.0 Å². The van der Waals surface area contributed by atoms with Gasteiger partial charge in [0.05, 0.1) is 11.4 Å². The van der Waals surface area contributed by atoms with Crippen LogP contribution in [0.2, 0.25) is 5.02 Å². The predicted molar refractivity (Wildman–Crippen MR) is 133 cm³/mol. The second-order valence-corrected chi connectivity index (χ2v) is 10.1. The molecule has 10 heteroatoms. The molecule has 0 fully saturated rings.